The van der Waals surface area contributed by atoms with E-state index in [-0.39, 0.29) is 0 Å². The summed E-state index contributed by atoms with van der Waals surface area (Å²) in [5.74, 6) is 3.80. The van der Waals surface area contributed by atoms with E-state index in [1.807, 2.05) is 13.0 Å². The summed E-state index contributed by atoms with van der Waals surface area (Å²) in [6, 6.07) is 9.25. The maximum atomic E-state index is 5.67. The molecule has 2 aliphatic carbocycles. The summed E-state index contributed by atoms with van der Waals surface area (Å²) in [6.07, 6.45) is 23.0. The number of hydrogen-bond donors (Lipinski definition) is 0. The lowest BCUT2D eigenvalue weighted by Crippen LogP contribution is -2.25. The van der Waals surface area contributed by atoms with Crippen LogP contribution in [0.3, 0.4) is 0 Å². The average Bonchev–Trinajstić information content (AvgIpc) is 2.78. The first-order valence-corrected chi connectivity index (χ1v) is 12.2. The molecule has 0 amide bonds. The van der Waals surface area contributed by atoms with E-state index in [9.17, 15) is 0 Å². The Morgan fingerprint density at radius 2 is 1.41 bits per heavy atom. The minimum Gasteiger partial charge on any atom is -0.373 e. The minimum absolute atomic E-state index is 0.708. The van der Waals surface area contributed by atoms with Crippen LogP contribution in [0.25, 0.3) is 0 Å². The predicted octanol–water partition coefficient (Wildman–Crippen LogP) is 8.22. The van der Waals surface area contributed by atoms with Gasteiger partial charge in [-0.2, -0.15) is 0 Å². The van der Waals surface area contributed by atoms with Crippen molar-refractivity contribution in [3.05, 3.63) is 59.7 Å². The molecule has 0 aliphatic heterocycles. The van der Waals surface area contributed by atoms with Crippen LogP contribution in [0.2, 0.25) is 0 Å². The van der Waals surface area contributed by atoms with E-state index in [2.05, 4.69) is 49.4 Å². The summed E-state index contributed by atoms with van der Waals surface area (Å²) in [4.78, 5) is 0. The summed E-state index contributed by atoms with van der Waals surface area (Å²) < 4.78 is 5.67. The Labute approximate surface area is 179 Å². The fourth-order valence-electron chi connectivity index (χ4n) is 5.60. The zero-order valence-corrected chi connectivity index (χ0v) is 18.8. The Morgan fingerprint density at radius 1 is 0.793 bits per heavy atom. The van der Waals surface area contributed by atoms with Crippen LogP contribution in [-0.2, 0) is 11.3 Å². The lowest BCUT2D eigenvalue weighted by atomic mass is 9.68. The van der Waals surface area contributed by atoms with Gasteiger partial charge in [-0.25, -0.2) is 0 Å². The number of benzene rings is 1. The standard InChI is InChI=1S/C28H42O/c1-3-5-7-8-23-9-13-25(14-10-23)27-17-19-28(20-18-27)26-15-11-24(12-16-26)22-29-21-6-4-2/h3-6,11-12,15-16,23,25,27-28H,7-10,13-14,17-22H2,1-2H3. The van der Waals surface area contributed by atoms with Crippen LogP contribution in [0.1, 0.15) is 95.1 Å². The van der Waals surface area contributed by atoms with Gasteiger partial charge in [-0.1, -0.05) is 61.4 Å². The van der Waals surface area contributed by atoms with Crippen molar-refractivity contribution < 1.29 is 4.74 Å². The van der Waals surface area contributed by atoms with Gasteiger partial charge in [0.1, 0.15) is 0 Å². The van der Waals surface area contributed by atoms with Crippen molar-refractivity contribution in [2.45, 2.75) is 90.6 Å². The molecule has 0 radical (unpaired) electrons. The molecule has 1 aromatic carbocycles. The second-order valence-electron chi connectivity index (χ2n) is 9.36. The molecular weight excluding hydrogens is 352 g/mol. The van der Waals surface area contributed by atoms with Gasteiger partial charge in [0, 0.05) is 0 Å². The van der Waals surface area contributed by atoms with Gasteiger partial charge in [0.25, 0.3) is 0 Å². The topological polar surface area (TPSA) is 9.23 Å². The lowest BCUT2D eigenvalue weighted by Gasteiger charge is -2.38. The molecule has 160 valence electrons. The average molecular weight is 395 g/mol. The van der Waals surface area contributed by atoms with Crippen LogP contribution in [0.4, 0.5) is 0 Å². The molecule has 2 aliphatic rings. The van der Waals surface area contributed by atoms with Crippen LogP contribution in [-0.4, -0.2) is 6.61 Å². The monoisotopic (exact) mass is 394 g/mol. The van der Waals surface area contributed by atoms with Gasteiger partial charge < -0.3 is 4.74 Å². The SMILES string of the molecule is CC=CCCC1CCC(C2CCC(c3ccc(COCC=CC)cc3)CC2)CC1. The van der Waals surface area contributed by atoms with E-state index >= 15 is 0 Å². The van der Waals surface area contributed by atoms with E-state index in [1.54, 1.807) is 5.56 Å². The highest BCUT2D eigenvalue weighted by atomic mass is 16.5. The fraction of sp³-hybridized carbons (Fsp3) is 0.643. The molecule has 0 N–H and O–H groups in total. The van der Waals surface area contributed by atoms with Crippen LogP contribution < -0.4 is 0 Å². The van der Waals surface area contributed by atoms with E-state index in [4.69, 9.17) is 4.74 Å². The molecule has 0 bridgehead atoms. The second-order valence-corrected chi connectivity index (χ2v) is 9.36. The van der Waals surface area contributed by atoms with Gasteiger partial charge in [0.05, 0.1) is 13.2 Å². The maximum Gasteiger partial charge on any atom is 0.0721 e. The summed E-state index contributed by atoms with van der Waals surface area (Å²) in [5, 5.41) is 0. The molecule has 0 unspecified atom stereocenters. The van der Waals surface area contributed by atoms with Gasteiger partial charge in [0.2, 0.25) is 0 Å². The molecule has 3 rings (SSSR count). The third-order valence-corrected chi connectivity index (χ3v) is 7.48. The van der Waals surface area contributed by atoms with Crippen molar-refractivity contribution in [2.75, 3.05) is 6.61 Å². The van der Waals surface area contributed by atoms with Gasteiger partial charge in [-0.15, -0.1) is 0 Å². The molecule has 29 heavy (non-hydrogen) atoms. The maximum absolute atomic E-state index is 5.67. The van der Waals surface area contributed by atoms with Crippen molar-refractivity contribution in [1.29, 1.82) is 0 Å². The van der Waals surface area contributed by atoms with E-state index in [0.717, 1.165) is 30.3 Å². The third-order valence-electron chi connectivity index (χ3n) is 7.48. The van der Waals surface area contributed by atoms with Crippen molar-refractivity contribution in [2.24, 2.45) is 17.8 Å². The van der Waals surface area contributed by atoms with Crippen molar-refractivity contribution >= 4 is 0 Å². The number of ether oxygens (including phenoxy) is 1. The number of rotatable bonds is 9. The van der Waals surface area contributed by atoms with E-state index in [1.165, 1.54) is 69.8 Å². The lowest BCUT2D eigenvalue weighted by molar-refractivity contribution is 0.148. The molecule has 0 heterocycles. The fourth-order valence-corrected chi connectivity index (χ4v) is 5.60. The number of hydrogen-bond acceptors (Lipinski definition) is 1. The van der Waals surface area contributed by atoms with Gasteiger partial charge in [0.15, 0.2) is 0 Å². The van der Waals surface area contributed by atoms with Gasteiger partial charge >= 0.3 is 0 Å². The van der Waals surface area contributed by atoms with Gasteiger partial charge in [-0.3, -0.25) is 0 Å². The van der Waals surface area contributed by atoms with E-state index in [0.29, 0.717) is 6.61 Å². The Balaban J connectivity index is 1.38. The first-order chi connectivity index (χ1) is 14.3. The molecular formula is C28H42O. The Morgan fingerprint density at radius 3 is 2.03 bits per heavy atom. The van der Waals surface area contributed by atoms with E-state index < -0.39 is 0 Å². The van der Waals surface area contributed by atoms with Crippen molar-refractivity contribution in [1.82, 2.24) is 0 Å². The third kappa shape index (κ3) is 7.14. The predicted molar refractivity (Wildman–Crippen MR) is 125 cm³/mol. The van der Waals surface area contributed by atoms with Crippen LogP contribution >= 0.6 is 0 Å². The Bertz CT molecular complexity index is 610. The van der Waals surface area contributed by atoms with Crippen molar-refractivity contribution in [3.8, 4) is 0 Å². The highest BCUT2D eigenvalue weighted by molar-refractivity contribution is 5.25. The molecule has 1 nitrogen and oxygen atoms in total. The summed E-state index contributed by atoms with van der Waals surface area (Å²) in [7, 11) is 0. The highest BCUT2D eigenvalue weighted by Gasteiger charge is 2.31. The smallest absolute Gasteiger partial charge is 0.0721 e. The molecule has 2 saturated carbocycles. The number of allylic oxidation sites excluding steroid dienone is 3. The van der Waals surface area contributed by atoms with Crippen molar-refractivity contribution in [3.63, 3.8) is 0 Å². The molecule has 0 aromatic heterocycles. The minimum atomic E-state index is 0.708. The second kappa shape index (κ2) is 12.4. The van der Waals surface area contributed by atoms with Crippen LogP contribution in [0, 0.1) is 17.8 Å². The molecule has 0 atom stereocenters. The molecule has 2 fully saturated rings. The highest BCUT2D eigenvalue weighted by Crippen LogP contribution is 2.44. The summed E-state index contributed by atoms with van der Waals surface area (Å²) in [6.45, 7) is 5.60. The molecule has 0 saturated heterocycles. The molecule has 1 heteroatoms. The molecule has 0 spiro atoms. The van der Waals surface area contributed by atoms with Gasteiger partial charge in [-0.05, 0) is 100 Å². The Hall–Kier alpha value is -1.34. The zero-order chi connectivity index (χ0) is 20.3. The Kier molecular flexibility index (Phi) is 9.54. The van der Waals surface area contributed by atoms with Crippen LogP contribution in [0.5, 0.6) is 0 Å². The first-order valence-electron chi connectivity index (χ1n) is 12.2. The zero-order valence-electron chi connectivity index (χ0n) is 18.8. The normalized spacial score (nSPS) is 28.3. The summed E-state index contributed by atoms with van der Waals surface area (Å²) in [5.41, 5.74) is 2.84. The largest absolute Gasteiger partial charge is 0.373 e. The van der Waals surface area contributed by atoms with Crippen LogP contribution in [0.15, 0.2) is 48.6 Å². The molecule has 1 aromatic rings. The first kappa shape index (κ1) is 22.3. The quantitative estimate of drug-likeness (QED) is 0.303. The summed E-state index contributed by atoms with van der Waals surface area (Å²) >= 11 is 0.